The minimum absolute atomic E-state index is 0.0971. The van der Waals surface area contributed by atoms with Gasteiger partial charge in [0.15, 0.2) is 11.5 Å². The molecule has 0 N–H and O–H groups in total. The Labute approximate surface area is 205 Å². The summed E-state index contributed by atoms with van der Waals surface area (Å²) in [4.78, 5) is 30.7. The minimum Gasteiger partial charge on any atom is -0.493 e. The van der Waals surface area contributed by atoms with E-state index in [2.05, 4.69) is 0 Å². The summed E-state index contributed by atoms with van der Waals surface area (Å²) in [5.74, 6) is 0.961. The molecule has 2 saturated heterocycles. The average Bonchev–Trinajstić information content (AvgIpc) is 3.32. The SMILES string of the molecule is COc1cc([C@@H]2CN(C(=O)c3cccc(Cl)c3)C[C@@H]2C(=O)N2CCCCC2)cc(OC)c1OC. The number of piperidine rings is 1. The van der Waals surface area contributed by atoms with Gasteiger partial charge in [-0.25, -0.2) is 0 Å². The van der Waals surface area contributed by atoms with Crippen LogP contribution in [0.5, 0.6) is 17.2 Å². The van der Waals surface area contributed by atoms with Gasteiger partial charge < -0.3 is 24.0 Å². The van der Waals surface area contributed by atoms with Gasteiger partial charge in [-0.05, 0) is 55.2 Å². The summed E-state index contributed by atoms with van der Waals surface area (Å²) in [6.07, 6.45) is 3.17. The fraction of sp³-hybridized carbons (Fsp3) is 0.462. The first-order valence-electron chi connectivity index (χ1n) is 11.6. The topological polar surface area (TPSA) is 68.3 Å². The molecule has 2 fully saturated rings. The van der Waals surface area contributed by atoms with Gasteiger partial charge in [-0.2, -0.15) is 0 Å². The molecular formula is C26H31ClN2O5. The summed E-state index contributed by atoms with van der Waals surface area (Å²) in [5.41, 5.74) is 1.40. The summed E-state index contributed by atoms with van der Waals surface area (Å²) in [6, 6.07) is 10.7. The van der Waals surface area contributed by atoms with E-state index < -0.39 is 0 Å². The summed E-state index contributed by atoms with van der Waals surface area (Å²) in [5, 5.41) is 0.507. The second kappa shape index (κ2) is 10.6. The number of nitrogens with zero attached hydrogens (tertiary/aromatic N) is 2. The van der Waals surface area contributed by atoms with Gasteiger partial charge >= 0.3 is 0 Å². The standard InChI is InChI=1S/C26H31ClN2O5/c1-32-22-13-18(14-23(33-2)24(22)34-3)20-15-29(25(30)17-8-7-9-19(27)12-17)16-21(20)26(31)28-10-5-4-6-11-28/h7-9,12-14,20-21H,4-6,10-11,15-16H2,1-3H3/t20-,21-/m0/s1. The van der Waals surface area contributed by atoms with Crippen molar-refractivity contribution in [2.45, 2.75) is 25.2 Å². The zero-order valence-corrected chi connectivity index (χ0v) is 20.6. The molecular weight excluding hydrogens is 456 g/mol. The van der Waals surface area contributed by atoms with E-state index in [1.54, 1.807) is 50.5 Å². The van der Waals surface area contributed by atoms with Gasteiger partial charge in [0.1, 0.15) is 0 Å². The molecule has 34 heavy (non-hydrogen) atoms. The molecule has 0 spiro atoms. The van der Waals surface area contributed by atoms with Gasteiger partial charge in [-0.15, -0.1) is 0 Å². The first-order chi connectivity index (χ1) is 16.5. The first kappa shape index (κ1) is 24.2. The molecule has 0 bridgehead atoms. The molecule has 2 amide bonds. The van der Waals surface area contributed by atoms with Gasteiger partial charge in [-0.1, -0.05) is 17.7 Å². The van der Waals surface area contributed by atoms with E-state index in [1.165, 1.54) is 0 Å². The molecule has 2 atom stereocenters. The number of benzene rings is 2. The molecule has 4 rings (SSSR count). The van der Waals surface area contributed by atoms with E-state index in [9.17, 15) is 9.59 Å². The Morgan fingerprint density at radius 2 is 1.56 bits per heavy atom. The van der Waals surface area contributed by atoms with Crippen LogP contribution in [-0.4, -0.2) is 69.1 Å². The van der Waals surface area contributed by atoms with Crippen molar-refractivity contribution in [3.05, 3.63) is 52.5 Å². The van der Waals surface area contributed by atoms with Crippen LogP contribution in [0, 0.1) is 5.92 Å². The summed E-state index contributed by atoms with van der Waals surface area (Å²) in [7, 11) is 4.70. The zero-order valence-electron chi connectivity index (χ0n) is 19.9. The molecule has 2 aromatic carbocycles. The van der Waals surface area contributed by atoms with E-state index in [-0.39, 0.29) is 23.7 Å². The number of likely N-dealkylation sites (tertiary alicyclic amines) is 2. The summed E-state index contributed by atoms with van der Waals surface area (Å²) < 4.78 is 16.6. The third kappa shape index (κ3) is 4.80. The van der Waals surface area contributed by atoms with Crippen molar-refractivity contribution in [1.29, 1.82) is 0 Å². The number of carbonyl (C=O) groups excluding carboxylic acids is 2. The second-order valence-corrected chi connectivity index (χ2v) is 9.21. The Morgan fingerprint density at radius 3 is 2.15 bits per heavy atom. The average molecular weight is 487 g/mol. The number of amides is 2. The lowest BCUT2D eigenvalue weighted by Gasteiger charge is -2.31. The molecule has 182 valence electrons. The fourth-order valence-corrected chi connectivity index (χ4v) is 5.22. The number of carbonyl (C=O) groups is 2. The van der Waals surface area contributed by atoms with Crippen LogP contribution in [0.15, 0.2) is 36.4 Å². The van der Waals surface area contributed by atoms with E-state index in [1.807, 2.05) is 17.0 Å². The lowest BCUT2D eigenvalue weighted by molar-refractivity contribution is -0.136. The van der Waals surface area contributed by atoms with Crippen LogP contribution < -0.4 is 14.2 Å². The third-order valence-corrected chi connectivity index (χ3v) is 7.01. The Bertz CT molecular complexity index is 1030. The predicted molar refractivity (Wildman–Crippen MR) is 130 cm³/mol. The summed E-state index contributed by atoms with van der Waals surface area (Å²) in [6.45, 7) is 2.29. The number of rotatable bonds is 6. The molecule has 2 heterocycles. The number of ether oxygens (including phenoxy) is 3. The highest BCUT2D eigenvalue weighted by atomic mass is 35.5. The quantitative estimate of drug-likeness (QED) is 0.611. The van der Waals surface area contributed by atoms with Crippen LogP contribution in [0.2, 0.25) is 5.02 Å². The maximum Gasteiger partial charge on any atom is 0.253 e. The largest absolute Gasteiger partial charge is 0.493 e. The lowest BCUT2D eigenvalue weighted by atomic mass is 9.87. The van der Waals surface area contributed by atoms with Crippen LogP contribution >= 0.6 is 11.6 Å². The Morgan fingerprint density at radius 1 is 0.882 bits per heavy atom. The lowest BCUT2D eigenvalue weighted by Crippen LogP contribution is -2.42. The zero-order chi connectivity index (χ0) is 24.2. The minimum atomic E-state index is -0.357. The Kier molecular flexibility index (Phi) is 7.51. The predicted octanol–water partition coefficient (Wildman–Crippen LogP) is 4.23. The molecule has 8 heteroatoms. The van der Waals surface area contributed by atoms with Gasteiger partial charge in [-0.3, -0.25) is 9.59 Å². The highest BCUT2D eigenvalue weighted by Gasteiger charge is 2.43. The maximum atomic E-state index is 13.7. The van der Waals surface area contributed by atoms with Crippen LogP contribution in [0.1, 0.15) is 41.1 Å². The highest BCUT2D eigenvalue weighted by molar-refractivity contribution is 6.30. The van der Waals surface area contributed by atoms with E-state index in [0.29, 0.717) is 40.9 Å². The number of hydrogen-bond acceptors (Lipinski definition) is 5. The molecule has 7 nitrogen and oxygen atoms in total. The third-order valence-electron chi connectivity index (χ3n) is 6.78. The number of methoxy groups -OCH3 is 3. The molecule has 0 aliphatic carbocycles. The number of halogens is 1. The fourth-order valence-electron chi connectivity index (χ4n) is 5.03. The molecule has 2 aliphatic rings. The molecule has 2 aromatic rings. The number of hydrogen-bond donors (Lipinski definition) is 0. The smallest absolute Gasteiger partial charge is 0.253 e. The first-order valence-corrected chi connectivity index (χ1v) is 12.0. The van der Waals surface area contributed by atoms with Gasteiger partial charge in [0, 0.05) is 42.7 Å². The van der Waals surface area contributed by atoms with Crippen molar-refractivity contribution in [2.75, 3.05) is 47.5 Å². The Balaban J connectivity index is 1.70. The van der Waals surface area contributed by atoms with Crippen molar-refractivity contribution >= 4 is 23.4 Å². The summed E-state index contributed by atoms with van der Waals surface area (Å²) >= 11 is 6.12. The van der Waals surface area contributed by atoms with Crippen molar-refractivity contribution in [1.82, 2.24) is 9.80 Å². The second-order valence-electron chi connectivity index (χ2n) is 8.78. The van der Waals surface area contributed by atoms with E-state index in [4.69, 9.17) is 25.8 Å². The monoisotopic (exact) mass is 486 g/mol. The van der Waals surface area contributed by atoms with Gasteiger partial charge in [0.25, 0.3) is 5.91 Å². The maximum absolute atomic E-state index is 13.7. The molecule has 0 radical (unpaired) electrons. The van der Waals surface area contributed by atoms with E-state index in [0.717, 1.165) is 37.9 Å². The molecule has 0 saturated carbocycles. The van der Waals surface area contributed by atoms with E-state index >= 15 is 0 Å². The van der Waals surface area contributed by atoms with Crippen molar-refractivity contribution in [3.8, 4) is 17.2 Å². The van der Waals surface area contributed by atoms with Crippen LogP contribution in [-0.2, 0) is 4.79 Å². The van der Waals surface area contributed by atoms with Gasteiger partial charge in [0.2, 0.25) is 11.7 Å². The molecule has 0 aromatic heterocycles. The van der Waals surface area contributed by atoms with Gasteiger partial charge in [0.05, 0.1) is 27.2 Å². The van der Waals surface area contributed by atoms with Crippen molar-refractivity contribution < 1.29 is 23.8 Å². The van der Waals surface area contributed by atoms with Crippen LogP contribution in [0.25, 0.3) is 0 Å². The normalized spacial score (nSPS) is 20.2. The van der Waals surface area contributed by atoms with Crippen molar-refractivity contribution in [2.24, 2.45) is 5.92 Å². The highest BCUT2D eigenvalue weighted by Crippen LogP contribution is 2.44. The molecule has 2 aliphatic heterocycles. The van der Waals surface area contributed by atoms with Crippen LogP contribution in [0.3, 0.4) is 0 Å². The molecule has 0 unspecified atom stereocenters. The Hall–Kier alpha value is -2.93. The van der Waals surface area contributed by atoms with Crippen molar-refractivity contribution in [3.63, 3.8) is 0 Å². The van der Waals surface area contributed by atoms with Crippen LogP contribution in [0.4, 0.5) is 0 Å².